The second kappa shape index (κ2) is 7.70. The van der Waals surface area contributed by atoms with Crippen LogP contribution in [0.3, 0.4) is 0 Å². The SMILES string of the molecule is CC(C)Oc1cc(C(=N)N2CCCCC2)ccc1-c1cc(CN)on1. The van der Waals surface area contributed by atoms with Crippen LogP contribution in [0.1, 0.15) is 44.4 Å². The molecule has 0 unspecified atom stereocenters. The summed E-state index contributed by atoms with van der Waals surface area (Å²) in [5, 5.41) is 12.6. The third-order valence-electron chi connectivity index (χ3n) is 4.33. The maximum atomic E-state index is 8.53. The number of likely N-dealkylation sites (tertiary alicyclic amines) is 1. The number of piperidine rings is 1. The van der Waals surface area contributed by atoms with E-state index in [1.807, 2.05) is 38.1 Å². The first-order valence-electron chi connectivity index (χ1n) is 8.89. The van der Waals surface area contributed by atoms with Crippen LogP contribution in [0.2, 0.25) is 0 Å². The van der Waals surface area contributed by atoms with Gasteiger partial charge >= 0.3 is 0 Å². The van der Waals surface area contributed by atoms with Gasteiger partial charge in [-0.15, -0.1) is 0 Å². The zero-order chi connectivity index (χ0) is 17.8. The number of nitrogens with one attached hydrogen (secondary N) is 1. The molecule has 2 aromatic rings. The van der Waals surface area contributed by atoms with Crippen molar-refractivity contribution in [3.63, 3.8) is 0 Å². The van der Waals surface area contributed by atoms with Crippen LogP contribution in [0, 0.1) is 5.41 Å². The number of hydrogen-bond acceptors (Lipinski definition) is 5. The summed E-state index contributed by atoms with van der Waals surface area (Å²) in [6.45, 7) is 6.18. The molecular formula is C19H26N4O2. The number of amidine groups is 1. The van der Waals surface area contributed by atoms with Crippen molar-refractivity contribution >= 4 is 5.84 Å². The Morgan fingerprint density at radius 2 is 2.04 bits per heavy atom. The monoisotopic (exact) mass is 342 g/mol. The highest BCUT2D eigenvalue weighted by Crippen LogP contribution is 2.32. The van der Waals surface area contributed by atoms with Gasteiger partial charge in [0.1, 0.15) is 17.3 Å². The van der Waals surface area contributed by atoms with Gasteiger partial charge in [-0.05, 0) is 45.2 Å². The van der Waals surface area contributed by atoms with Crippen molar-refractivity contribution in [1.82, 2.24) is 10.1 Å². The van der Waals surface area contributed by atoms with E-state index in [0.29, 0.717) is 29.6 Å². The van der Waals surface area contributed by atoms with Crippen LogP contribution in [-0.4, -0.2) is 35.1 Å². The lowest BCUT2D eigenvalue weighted by Gasteiger charge is -2.29. The zero-order valence-corrected chi connectivity index (χ0v) is 14.9. The van der Waals surface area contributed by atoms with E-state index in [0.717, 1.165) is 37.1 Å². The number of nitrogens with two attached hydrogens (primary N) is 1. The summed E-state index contributed by atoms with van der Waals surface area (Å²) in [4.78, 5) is 2.14. The van der Waals surface area contributed by atoms with Crippen LogP contribution in [0.4, 0.5) is 0 Å². The van der Waals surface area contributed by atoms with Gasteiger partial charge in [0, 0.05) is 30.3 Å². The van der Waals surface area contributed by atoms with Gasteiger partial charge in [-0.3, -0.25) is 5.41 Å². The molecule has 1 aliphatic rings. The summed E-state index contributed by atoms with van der Waals surface area (Å²) in [7, 11) is 0. The molecule has 0 bridgehead atoms. The Bertz CT molecular complexity index is 733. The predicted molar refractivity (Wildman–Crippen MR) is 97.8 cm³/mol. The van der Waals surface area contributed by atoms with E-state index in [1.165, 1.54) is 6.42 Å². The number of aromatic nitrogens is 1. The van der Waals surface area contributed by atoms with E-state index >= 15 is 0 Å². The van der Waals surface area contributed by atoms with Crippen LogP contribution in [-0.2, 0) is 6.54 Å². The van der Waals surface area contributed by atoms with E-state index < -0.39 is 0 Å². The highest BCUT2D eigenvalue weighted by atomic mass is 16.5. The van der Waals surface area contributed by atoms with Crippen LogP contribution in [0.15, 0.2) is 28.8 Å². The molecule has 134 valence electrons. The van der Waals surface area contributed by atoms with Gasteiger partial charge in [0.05, 0.1) is 12.6 Å². The molecule has 2 heterocycles. The Hall–Kier alpha value is -2.34. The number of nitrogens with zero attached hydrogens (tertiary/aromatic N) is 2. The van der Waals surface area contributed by atoms with Gasteiger partial charge in [0.25, 0.3) is 0 Å². The molecule has 1 aliphatic heterocycles. The minimum atomic E-state index is 0.0269. The Balaban J connectivity index is 1.92. The van der Waals surface area contributed by atoms with Gasteiger partial charge in [-0.25, -0.2) is 0 Å². The molecule has 6 nitrogen and oxygen atoms in total. The lowest BCUT2D eigenvalue weighted by Crippen LogP contribution is -2.35. The minimum absolute atomic E-state index is 0.0269. The standard InChI is InChI=1S/C19H26N4O2/c1-13(2)24-18-10-14(19(21)23-8-4-3-5-9-23)6-7-16(18)17-11-15(12-20)25-22-17/h6-7,10-11,13,21H,3-5,8-9,12,20H2,1-2H3. The van der Waals surface area contributed by atoms with Crippen LogP contribution >= 0.6 is 0 Å². The topological polar surface area (TPSA) is 88.4 Å². The van der Waals surface area contributed by atoms with E-state index in [2.05, 4.69) is 10.1 Å². The Labute approximate surface area is 148 Å². The Morgan fingerprint density at radius 1 is 1.28 bits per heavy atom. The average Bonchev–Trinajstić information content (AvgIpc) is 3.10. The molecule has 0 aliphatic carbocycles. The minimum Gasteiger partial charge on any atom is -0.490 e. The van der Waals surface area contributed by atoms with Gasteiger partial charge in [-0.1, -0.05) is 11.2 Å². The molecule has 1 fully saturated rings. The summed E-state index contributed by atoms with van der Waals surface area (Å²) >= 11 is 0. The lowest BCUT2D eigenvalue weighted by atomic mass is 10.0. The second-order valence-corrected chi connectivity index (χ2v) is 6.66. The summed E-state index contributed by atoms with van der Waals surface area (Å²) in [6.07, 6.45) is 3.58. The van der Waals surface area contributed by atoms with Crippen LogP contribution in [0.5, 0.6) is 5.75 Å². The Morgan fingerprint density at radius 3 is 2.68 bits per heavy atom. The first-order chi connectivity index (χ1) is 12.1. The normalized spacial score (nSPS) is 14.8. The summed E-state index contributed by atoms with van der Waals surface area (Å²) < 4.78 is 11.2. The van der Waals surface area contributed by atoms with E-state index in [4.69, 9.17) is 20.4 Å². The highest BCUT2D eigenvalue weighted by Gasteiger charge is 2.19. The molecule has 3 rings (SSSR count). The quantitative estimate of drug-likeness (QED) is 0.642. The fraction of sp³-hybridized carbons (Fsp3) is 0.474. The van der Waals surface area contributed by atoms with E-state index in [-0.39, 0.29) is 6.10 Å². The van der Waals surface area contributed by atoms with E-state index in [9.17, 15) is 0 Å². The van der Waals surface area contributed by atoms with Crippen LogP contribution < -0.4 is 10.5 Å². The number of ether oxygens (including phenoxy) is 1. The maximum Gasteiger partial charge on any atom is 0.150 e. The fourth-order valence-corrected chi connectivity index (χ4v) is 3.07. The smallest absolute Gasteiger partial charge is 0.150 e. The van der Waals surface area contributed by atoms with E-state index in [1.54, 1.807) is 0 Å². The van der Waals surface area contributed by atoms with Gasteiger partial charge < -0.3 is 19.9 Å². The fourth-order valence-electron chi connectivity index (χ4n) is 3.07. The molecule has 1 aromatic carbocycles. The predicted octanol–water partition coefficient (Wildman–Crippen LogP) is 3.40. The molecule has 25 heavy (non-hydrogen) atoms. The van der Waals surface area contributed by atoms with Crippen molar-refractivity contribution in [2.45, 2.75) is 45.8 Å². The van der Waals surface area contributed by atoms with Crippen molar-refractivity contribution in [1.29, 1.82) is 5.41 Å². The first-order valence-corrected chi connectivity index (χ1v) is 8.89. The van der Waals surface area contributed by atoms with Gasteiger partial charge in [-0.2, -0.15) is 0 Å². The number of benzene rings is 1. The summed E-state index contributed by atoms with van der Waals surface area (Å²) in [6, 6.07) is 7.67. The highest BCUT2D eigenvalue weighted by molar-refractivity contribution is 5.97. The largest absolute Gasteiger partial charge is 0.490 e. The molecule has 0 atom stereocenters. The molecular weight excluding hydrogens is 316 g/mol. The third kappa shape index (κ3) is 4.02. The number of rotatable bonds is 5. The Kier molecular flexibility index (Phi) is 5.38. The molecule has 0 amide bonds. The van der Waals surface area contributed by atoms with Gasteiger partial charge in [0.15, 0.2) is 5.76 Å². The zero-order valence-electron chi connectivity index (χ0n) is 14.9. The van der Waals surface area contributed by atoms with Crippen molar-refractivity contribution in [3.8, 4) is 17.0 Å². The maximum absolute atomic E-state index is 8.53. The van der Waals surface area contributed by atoms with Gasteiger partial charge in [0.2, 0.25) is 0 Å². The van der Waals surface area contributed by atoms with Crippen LogP contribution in [0.25, 0.3) is 11.3 Å². The molecule has 1 saturated heterocycles. The van der Waals surface area contributed by atoms with Crippen molar-refractivity contribution < 1.29 is 9.26 Å². The molecule has 3 N–H and O–H groups in total. The molecule has 0 spiro atoms. The molecule has 1 aromatic heterocycles. The van der Waals surface area contributed by atoms with Crippen molar-refractivity contribution in [2.75, 3.05) is 13.1 Å². The first kappa shape index (κ1) is 17.5. The third-order valence-corrected chi connectivity index (χ3v) is 4.33. The second-order valence-electron chi connectivity index (χ2n) is 6.66. The molecule has 6 heteroatoms. The molecule has 0 radical (unpaired) electrons. The summed E-state index contributed by atoms with van der Waals surface area (Å²) in [5.74, 6) is 1.91. The average molecular weight is 342 g/mol. The lowest BCUT2D eigenvalue weighted by molar-refractivity contribution is 0.243. The van der Waals surface area contributed by atoms with Crippen molar-refractivity contribution in [2.24, 2.45) is 5.73 Å². The van der Waals surface area contributed by atoms with Crippen molar-refractivity contribution in [3.05, 3.63) is 35.6 Å². The summed E-state index contributed by atoms with van der Waals surface area (Å²) in [5.41, 5.74) is 8.03. The number of hydrogen-bond donors (Lipinski definition) is 2. The molecule has 0 saturated carbocycles.